The predicted molar refractivity (Wildman–Crippen MR) is 84.9 cm³/mol. The van der Waals surface area contributed by atoms with Crippen molar-refractivity contribution in [2.75, 3.05) is 19.8 Å². The Morgan fingerprint density at radius 3 is 2.33 bits per heavy atom. The van der Waals surface area contributed by atoms with Crippen LogP contribution >= 0.6 is 0 Å². The summed E-state index contributed by atoms with van der Waals surface area (Å²) in [5.74, 6) is 0. The van der Waals surface area contributed by atoms with E-state index in [0.29, 0.717) is 12.0 Å². The van der Waals surface area contributed by atoms with E-state index in [1.54, 1.807) is 26.0 Å². The maximum atomic E-state index is 9.97. The van der Waals surface area contributed by atoms with Crippen molar-refractivity contribution in [3.05, 3.63) is 23.3 Å². The van der Waals surface area contributed by atoms with Crippen molar-refractivity contribution in [3.8, 4) is 0 Å². The van der Waals surface area contributed by atoms with Gasteiger partial charge in [0.25, 0.3) is 0 Å². The molecule has 1 saturated heterocycles. The summed E-state index contributed by atoms with van der Waals surface area (Å²) in [5, 5.41) is 57.1. The molecule has 0 amide bonds. The Morgan fingerprint density at radius 1 is 1.08 bits per heavy atom. The fourth-order valence-corrected chi connectivity index (χ4v) is 2.18. The zero-order valence-corrected chi connectivity index (χ0v) is 13.9. The highest BCUT2D eigenvalue weighted by atomic mass is 16.7. The molecule has 1 aliphatic rings. The molecule has 0 radical (unpaired) electrons. The van der Waals surface area contributed by atoms with Crippen molar-refractivity contribution in [1.82, 2.24) is 0 Å². The fourth-order valence-electron chi connectivity index (χ4n) is 2.18. The maximum absolute atomic E-state index is 9.97. The molecule has 140 valence electrons. The van der Waals surface area contributed by atoms with Crippen molar-refractivity contribution in [2.24, 2.45) is 0 Å². The van der Waals surface area contributed by atoms with Crippen molar-refractivity contribution in [1.29, 1.82) is 0 Å². The molecular weight excluding hydrogens is 320 g/mol. The van der Waals surface area contributed by atoms with Gasteiger partial charge in [-0.05, 0) is 25.8 Å². The molecular formula is C16H28O8. The maximum Gasteiger partial charge on any atom is 0.187 e. The zero-order valence-electron chi connectivity index (χ0n) is 13.9. The minimum absolute atomic E-state index is 0.00821. The summed E-state index contributed by atoms with van der Waals surface area (Å²) in [6.45, 7) is 2.90. The highest BCUT2D eigenvalue weighted by Crippen LogP contribution is 2.22. The molecule has 6 atom stereocenters. The molecule has 0 saturated carbocycles. The van der Waals surface area contributed by atoms with E-state index in [4.69, 9.17) is 19.7 Å². The summed E-state index contributed by atoms with van der Waals surface area (Å²) in [5.41, 5.74) is 1.40. The van der Waals surface area contributed by atoms with Crippen molar-refractivity contribution in [3.63, 3.8) is 0 Å². The fraction of sp³-hybridized carbons (Fsp3) is 0.750. The van der Waals surface area contributed by atoms with Crippen LogP contribution < -0.4 is 0 Å². The standard InChI is InChI=1S/C16H28O8/c1-9(7-17)3-4-11(19)10(2)5-6-23-16-15(22)14(21)13(20)12(8-18)24-16/h3,5,11-22H,4,6-8H2,1-2H3/b9-3+,10-5+/t11-,12-,13-,14+,15-,16-/m1/s1. The van der Waals surface area contributed by atoms with Crippen LogP contribution in [0.4, 0.5) is 0 Å². The topological polar surface area (TPSA) is 140 Å². The molecule has 0 bridgehead atoms. The second-order valence-electron chi connectivity index (χ2n) is 5.94. The van der Waals surface area contributed by atoms with Crippen LogP contribution in [0.15, 0.2) is 23.3 Å². The van der Waals surface area contributed by atoms with Crippen LogP contribution in [0.5, 0.6) is 0 Å². The van der Waals surface area contributed by atoms with Gasteiger partial charge in [0.05, 0.1) is 25.9 Å². The molecule has 0 aromatic carbocycles. The van der Waals surface area contributed by atoms with E-state index in [1.807, 2.05) is 0 Å². The minimum atomic E-state index is -1.48. The van der Waals surface area contributed by atoms with Crippen LogP contribution in [-0.2, 0) is 9.47 Å². The molecule has 1 heterocycles. The molecule has 1 aliphatic heterocycles. The average Bonchev–Trinajstić information content (AvgIpc) is 2.58. The molecule has 0 aromatic heterocycles. The van der Waals surface area contributed by atoms with Gasteiger partial charge in [-0.2, -0.15) is 0 Å². The third-order valence-corrected chi connectivity index (χ3v) is 3.98. The normalized spacial score (nSPS) is 33.6. The Bertz CT molecular complexity index is 434. The van der Waals surface area contributed by atoms with Gasteiger partial charge in [0.1, 0.15) is 24.4 Å². The highest BCUT2D eigenvalue weighted by Gasteiger charge is 2.43. The molecule has 1 rings (SSSR count). The number of hydrogen-bond donors (Lipinski definition) is 6. The van der Waals surface area contributed by atoms with Gasteiger partial charge in [0.2, 0.25) is 0 Å². The van der Waals surface area contributed by atoms with E-state index in [1.165, 1.54) is 0 Å². The van der Waals surface area contributed by atoms with E-state index >= 15 is 0 Å². The number of rotatable bonds is 8. The first-order valence-electron chi connectivity index (χ1n) is 7.85. The largest absolute Gasteiger partial charge is 0.394 e. The van der Waals surface area contributed by atoms with Crippen LogP contribution in [-0.4, -0.2) is 87.3 Å². The summed E-state index contributed by atoms with van der Waals surface area (Å²) in [6.07, 6.45) is -3.60. The first-order chi connectivity index (χ1) is 11.3. The number of aliphatic hydroxyl groups excluding tert-OH is 6. The summed E-state index contributed by atoms with van der Waals surface area (Å²) in [7, 11) is 0. The van der Waals surface area contributed by atoms with Gasteiger partial charge in [0.15, 0.2) is 6.29 Å². The van der Waals surface area contributed by atoms with Crippen LogP contribution in [0.2, 0.25) is 0 Å². The van der Waals surface area contributed by atoms with Gasteiger partial charge in [-0.15, -0.1) is 0 Å². The van der Waals surface area contributed by atoms with Crippen LogP contribution in [0.25, 0.3) is 0 Å². The lowest BCUT2D eigenvalue weighted by Crippen LogP contribution is -2.59. The average molecular weight is 348 g/mol. The Morgan fingerprint density at radius 2 is 1.75 bits per heavy atom. The lowest BCUT2D eigenvalue weighted by atomic mass is 9.99. The second-order valence-corrected chi connectivity index (χ2v) is 5.94. The van der Waals surface area contributed by atoms with E-state index in [9.17, 15) is 20.4 Å². The number of hydrogen-bond acceptors (Lipinski definition) is 8. The molecule has 6 N–H and O–H groups in total. The second kappa shape index (κ2) is 10.2. The van der Waals surface area contributed by atoms with E-state index < -0.39 is 43.4 Å². The highest BCUT2D eigenvalue weighted by molar-refractivity contribution is 5.09. The SMILES string of the molecule is C/C(=C\C[C@@H](O)/C(C)=C/CO[C@@H]1O[C@H](CO)[C@@H](O)[C@H](O)[C@H]1O)CO. The quantitative estimate of drug-likeness (QED) is 0.289. The molecule has 1 fully saturated rings. The van der Waals surface area contributed by atoms with Crippen LogP contribution in [0.1, 0.15) is 20.3 Å². The van der Waals surface area contributed by atoms with Crippen molar-refractivity contribution >= 4 is 0 Å². The van der Waals surface area contributed by atoms with Gasteiger partial charge < -0.3 is 40.1 Å². The molecule has 0 spiro atoms. The smallest absolute Gasteiger partial charge is 0.187 e. The van der Waals surface area contributed by atoms with Gasteiger partial charge >= 0.3 is 0 Å². The van der Waals surface area contributed by atoms with E-state index in [0.717, 1.165) is 5.57 Å². The van der Waals surface area contributed by atoms with Crippen molar-refractivity contribution < 1.29 is 40.1 Å². The number of ether oxygens (including phenoxy) is 2. The lowest BCUT2D eigenvalue weighted by Gasteiger charge is -2.39. The lowest BCUT2D eigenvalue weighted by molar-refractivity contribution is -0.298. The zero-order chi connectivity index (χ0) is 18.3. The Labute approximate surface area is 141 Å². The Kier molecular flexibility index (Phi) is 9.03. The minimum Gasteiger partial charge on any atom is -0.394 e. The monoisotopic (exact) mass is 348 g/mol. The summed E-state index contributed by atoms with van der Waals surface area (Å²) >= 11 is 0. The van der Waals surface area contributed by atoms with E-state index in [-0.39, 0.29) is 13.2 Å². The Balaban J connectivity index is 2.52. The first kappa shape index (κ1) is 21.2. The van der Waals surface area contributed by atoms with Crippen molar-refractivity contribution in [2.45, 2.75) is 57.1 Å². The van der Waals surface area contributed by atoms with Gasteiger partial charge in [-0.1, -0.05) is 17.7 Å². The Hall–Kier alpha value is -0.840. The summed E-state index contributed by atoms with van der Waals surface area (Å²) in [6, 6.07) is 0. The van der Waals surface area contributed by atoms with Gasteiger partial charge in [-0.25, -0.2) is 0 Å². The van der Waals surface area contributed by atoms with Gasteiger partial charge in [0, 0.05) is 0 Å². The predicted octanol–water partition coefficient (Wildman–Crippen LogP) is -1.56. The number of aliphatic hydroxyl groups is 6. The third-order valence-electron chi connectivity index (χ3n) is 3.98. The van der Waals surface area contributed by atoms with E-state index in [2.05, 4.69) is 0 Å². The summed E-state index contributed by atoms with van der Waals surface area (Å²) in [4.78, 5) is 0. The molecule has 0 unspecified atom stereocenters. The van der Waals surface area contributed by atoms with Gasteiger partial charge in [-0.3, -0.25) is 0 Å². The van der Waals surface area contributed by atoms with Crippen LogP contribution in [0.3, 0.4) is 0 Å². The molecule has 8 nitrogen and oxygen atoms in total. The summed E-state index contributed by atoms with van der Waals surface area (Å²) < 4.78 is 10.5. The van der Waals surface area contributed by atoms with Crippen LogP contribution in [0, 0.1) is 0 Å². The molecule has 0 aliphatic carbocycles. The third kappa shape index (κ3) is 5.91. The first-order valence-corrected chi connectivity index (χ1v) is 7.85. The molecule has 24 heavy (non-hydrogen) atoms. The molecule has 0 aromatic rings. The molecule has 8 heteroatoms.